The fourth-order valence-corrected chi connectivity index (χ4v) is 3.94. The minimum atomic E-state index is -1.36. The van der Waals surface area contributed by atoms with Gasteiger partial charge in [0.2, 0.25) is 5.60 Å². The molecule has 4 rings (SSSR count). The molecule has 5 nitrogen and oxygen atoms in total. The first-order valence-corrected chi connectivity index (χ1v) is 8.36. The number of nitriles is 1. The smallest absolute Gasteiger partial charge is 0.308 e. The highest BCUT2D eigenvalue weighted by Crippen LogP contribution is 2.55. The van der Waals surface area contributed by atoms with Gasteiger partial charge in [-0.3, -0.25) is 9.59 Å². The van der Waals surface area contributed by atoms with Gasteiger partial charge in [0, 0.05) is 18.0 Å². The lowest BCUT2D eigenvalue weighted by Gasteiger charge is -2.28. The summed E-state index contributed by atoms with van der Waals surface area (Å²) in [5, 5.41) is 9.01. The molecule has 1 spiro atoms. The predicted octanol–water partition coefficient (Wildman–Crippen LogP) is 3.02. The van der Waals surface area contributed by atoms with Gasteiger partial charge in [0.05, 0.1) is 23.7 Å². The first-order chi connectivity index (χ1) is 12.6. The van der Waals surface area contributed by atoms with Gasteiger partial charge in [0.15, 0.2) is 0 Å². The van der Waals surface area contributed by atoms with Crippen LogP contribution < -0.4 is 4.90 Å². The molecule has 0 saturated carbocycles. The van der Waals surface area contributed by atoms with Gasteiger partial charge in [-0.05, 0) is 23.8 Å². The Morgan fingerprint density at radius 1 is 1.23 bits per heavy atom. The van der Waals surface area contributed by atoms with Crippen molar-refractivity contribution in [2.45, 2.75) is 17.9 Å². The normalized spacial score (nSPS) is 23.7. The lowest BCUT2D eigenvalue weighted by atomic mass is 9.78. The summed E-state index contributed by atoms with van der Waals surface area (Å²) in [7, 11) is 0. The molecule has 5 heteroatoms. The lowest BCUT2D eigenvalue weighted by molar-refractivity contribution is -0.157. The van der Waals surface area contributed by atoms with E-state index in [1.165, 1.54) is 0 Å². The first-order valence-electron chi connectivity index (χ1n) is 8.36. The van der Waals surface area contributed by atoms with Crippen LogP contribution in [-0.2, 0) is 19.9 Å². The number of carbonyl (C=O) groups excluding carboxylic acids is 2. The van der Waals surface area contributed by atoms with E-state index < -0.39 is 17.5 Å². The molecule has 1 fully saturated rings. The average Bonchev–Trinajstić information content (AvgIpc) is 3.14. The van der Waals surface area contributed by atoms with Crippen molar-refractivity contribution in [1.29, 1.82) is 5.26 Å². The lowest BCUT2D eigenvalue weighted by Crippen LogP contribution is -2.43. The van der Waals surface area contributed by atoms with Gasteiger partial charge in [0.25, 0.3) is 5.91 Å². The average molecular weight is 344 g/mol. The number of hydrogen-bond acceptors (Lipinski definition) is 4. The summed E-state index contributed by atoms with van der Waals surface area (Å²) in [6.45, 7) is 4.07. The van der Waals surface area contributed by atoms with Crippen LogP contribution in [0.2, 0.25) is 0 Å². The number of rotatable bonds is 3. The molecule has 2 heterocycles. The number of esters is 1. The van der Waals surface area contributed by atoms with Crippen molar-refractivity contribution in [3.63, 3.8) is 0 Å². The largest absolute Gasteiger partial charge is 0.443 e. The Bertz CT molecular complexity index is 958. The summed E-state index contributed by atoms with van der Waals surface area (Å²) < 4.78 is 5.72. The number of ether oxygens (including phenoxy) is 1. The van der Waals surface area contributed by atoms with Gasteiger partial charge in [-0.25, -0.2) is 0 Å². The van der Waals surface area contributed by atoms with Crippen LogP contribution >= 0.6 is 0 Å². The summed E-state index contributed by atoms with van der Waals surface area (Å²) in [6, 6.07) is 16.4. The van der Waals surface area contributed by atoms with Gasteiger partial charge in [-0.15, -0.1) is 6.58 Å². The molecule has 2 aromatic carbocycles. The summed E-state index contributed by atoms with van der Waals surface area (Å²) >= 11 is 0. The molecule has 0 aromatic heterocycles. The standard InChI is InChI=1S/C21H16N2O3/c1-2-11-23-18-6-4-3-5-16(18)21(20(23)25)17(12-19(24)26-21)15-9-7-14(13-22)8-10-15/h2-10,17H,1,11-12H2/t17-,21-/m1/s1. The van der Waals surface area contributed by atoms with Crippen LogP contribution in [0.5, 0.6) is 0 Å². The summed E-state index contributed by atoms with van der Waals surface area (Å²) in [4.78, 5) is 27.3. The van der Waals surface area contributed by atoms with Crippen LogP contribution in [0.1, 0.15) is 29.0 Å². The van der Waals surface area contributed by atoms with Crippen LogP contribution in [0.4, 0.5) is 5.69 Å². The molecule has 2 aromatic rings. The summed E-state index contributed by atoms with van der Waals surface area (Å²) in [6.07, 6.45) is 1.77. The van der Waals surface area contributed by atoms with Gasteiger partial charge in [-0.2, -0.15) is 5.26 Å². The maximum Gasteiger partial charge on any atom is 0.308 e. The number of benzene rings is 2. The predicted molar refractivity (Wildman–Crippen MR) is 95.3 cm³/mol. The monoisotopic (exact) mass is 344 g/mol. The molecule has 26 heavy (non-hydrogen) atoms. The van der Waals surface area contributed by atoms with Crippen molar-refractivity contribution in [1.82, 2.24) is 0 Å². The molecule has 0 aliphatic carbocycles. The molecule has 1 saturated heterocycles. The highest BCUT2D eigenvalue weighted by atomic mass is 16.6. The Hall–Kier alpha value is -3.39. The van der Waals surface area contributed by atoms with Crippen molar-refractivity contribution in [2.24, 2.45) is 0 Å². The van der Waals surface area contributed by atoms with Crippen molar-refractivity contribution in [2.75, 3.05) is 11.4 Å². The maximum absolute atomic E-state index is 13.4. The van der Waals surface area contributed by atoms with Crippen LogP contribution in [-0.4, -0.2) is 18.4 Å². The van der Waals surface area contributed by atoms with Gasteiger partial charge in [0.1, 0.15) is 0 Å². The number of amides is 1. The summed E-state index contributed by atoms with van der Waals surface area (Å²) in [5.41, 5.74) is 1.42. The zero-order chi connectivity index (χ0) is 18.3. The van der Waals surface area contributed by atoms with E-state index in [0.29, 0.717) is 17.7 Å². The molecule has 2 aliphatic rings. The van der Waals surface area contributed by atoms with Crippen molar-refractivity contribution < 1.29 is 14.3 Å². The number of para-hydroxylation sites is 1. The quantitative estimate of drug-likeness (QED) is 0.634. The molecule has 2 atom stereocenters. The second kappa shape index (κ2) is 5.85. The molecule has 0 unspecified atom stereocenters. The van der Waals surface area contributed by atoms with Gasteiger partial charge in [-0.1, -0.05) is 36.4 Å². The Morgan fingerprint density at radius 3 is 2.65 bits per heavy atom. The molecular formula is C21H16N2O3. The van der Waals surface area contributed by atoms with E-state index in [9.17, 15) is 9.59 Å². The number of fused-ring (bicyclic) bond motifs is 2. The Kier molecular flexibility index (Phi) is 3.62. The molecular weight excluding hydrogens is 328 g/mol. The Labute approximate surface area is 151 Å². The number of carbonyl (C=O) groups is 2. The first kappa shape index (κ1) is 16.1. The van der Waals surface area contributed by atoms with Crippen molar-refractivity contribution in [3.8, 4) is 6.07 Å². The van der Waals surface area contributed by atoms with E-state index in [-0.39, 0.29) is 12.3 Å². The third-order valence-electron chi connectivity index (χ3n) is 5.05. The molecule has 0 N–H and O–H groups in total. The van der Waals surface area contributed by atoms with Crippen LogP contribution in [0.15, 0.2) is 61.2 Å². The second-order valence-electron chi connectivity index (χ2n) is 6.42. The minimum absolute atomic E-state index is 0.119. The van der Waals surface area contributed by atoms with E-state index >= 15 is 0 Å². The van der Waals surface area contributed by atoms with Crippen molar-refractivity contribution in [3.05, 3.63) is 77.9 Å². The molecule has 128 valence electrons. The van der Waals surface area contributed by atoms with Crippen molar-refractivity contribution >= 4 is 17.6 Å². The van der Waals surface area contributed by atoms with Crippen LogP contribution in [0.25, 0.3) is 0 Å². The highest BCUT2D eigenvalue weighted by molar-refractivity contribution is 6.10. The maximum atomic E-state index is 13.4. The molecule has 1 amide bonds. The Balaban J connectivity index is 1.89. The number of hydrogen-bond donors (Lipinski definition) is 0. The van der Waals surface area contributed by atoms with E-state index in [1.807, 2.05) is 24.3 Å². The van der Waals surface area contributed by atoms with Gasteiger partial charge < -0.3 is 9.64 Å². The van der Waals surface area contributed by atoms with Gasteiger partial charge >= 0.3 is 5.97 Å². The topological polar surface area (TPSA) is 70.4 Å². The van der Waals surface area contributed by atoms with Crippen LogP contribution in [0, 0.1) is 11.3 Å². The SMILES string of the molecule is C=CCN1C(=O)[C@@]2(OC(=O)C[C@@H]2c2ccc(C#N)cc2)c2ccccc21. The fraction of sp³-hybridized carbons (Fsp3) is 0.190. The van der Waals surface area contributed by atoms with Crippen LogP contribution in [0.3, 0.4) is 0 Å². The zero-order valence-electron chi connectivity index (χ0n) is 14.0. The molecule has 0 bridgehead atoms. The third kappa shape index (κ3) is 2.09. The van der Waals surface area contributed by atoms with E-state index in [1.54, 1.807) is 35.2 Å². The Morgan fingerprint density at radius 2 is 1.96 bits per heavy atom. The van der Waals surface area contributed by atoms with E-state index in [4.69, 9.17) is 10.00 Å². The number of nitrogens with zero attached hydrogens (tertiary/aromatic N) is 2. The molecule has 0 radical (unpaired) electrons. The molecule has 2 aliphatic heterocycles. The van der Waals surface area contributed by atoms with E-state index in [2.05, 4.69) is 12.6 Å². The fourth-order valence-electron chi connectivity index (χ4n) is 3.94. The number of anilines is 1. The zero-order valence-corrected chi connectivity index (χ0v) is 14.0. The third-order valence-corrected chi connectivity index (χ3v) is 5.05. The second-order valence-corrected chi connectivity index (χ2v) is 6.42. The summed E-state index contributed by atoms with van der Waals surface area (Å²) in [5.74, 6) is -1.09. The van der Waals surface area contributed by atoms with E-state index in [0.717, 1.165) is 11.3 Å². The highest BCUT2D eigenvalue weighted by Gasteiger charge is 2.62. The minimum Gasteiger partial charge on any atom is -0.443 e.